The quantitative estimate of drug-likeness (QED) is 0.858. The first kappa shape index (κ1) is 16.7. The van der Waals surface area contributed by atoms with E-state index in [4.69, 9.17) is 11.6 Å². The van der Waals surface area contributed by atoms with Crippen molar-refractivity contribution in [3.63, 3.8) is 0 Å². The fourth-order valence-corrected chi connectivity index (χ4v) is 2.35. The van der Waals surface area contributed by atoms with Gasteiger partial charge in [-0.05, 0) is 37.6 Å². The van der Waals surface area contributed by atoms with Crippen molar-refractivity contribution in [2.24, 2.45) is 0 Å². The highest BCUT2D eigenvalue weighted by Gasteiger charge is 2.27. The van der Waals surface area contributed by atoms with Crippen LogP contribution in [0.3, 0.4) is 0 Å². The van der Waals surface area contributed by atoms with Crippen molar-refractivity contribution in [1.29, 1.82) is 0 Å². The number of aromatic nitrogens is 1. The number of hydrogen-bond acceptors (Lipinski definition) is 4. The van der Waals surface area contributed by atoms with Crippen LogP contribution in [-0.4, -0.2) is 32.2 Å². The Kier molecular flexibility index (Phi) is 5.40. The fraction of sp³-hybridized carbons (Fsp3) is 0.353. The molecule has 118 valence electrons. The molecule has 0 radical (unpaired) electrons. The van der Waals surface area contributed by atoms with Gasteiger partial charge in [-0.1, -0.05) is 29.8 Å². The van der Waals surface area contributed by atoms with Crippen LogP contribution in [0.25, 0.3) is 0 Å². The molecule has 2 N–H and O–H groups in total. The largest absolute Gasteiger partial charge is 0.506 e. The van der Waals surface area contributed by atoms with Gasteiger partial charge in [-0.15, -0.1) is 0 Å². The second-order valence-corrected chi connectivity index (χ2v) is 6.28. The minimum Gasteiger partial charge on any atom is -0.506 e. The zero-order valence-electron chi connectivity index (χ0n) is 12.8. The van der Waals surface area contributed by atoms with E-state index in [-0.39, 0.29) is 12.4 Å². The monoisotopic (exact) mass is 320 g/mol. The van der Waals surface area contributed by atoms with Gasteiger partial charge in [0.1, 0.15) is 5.75 Å². The number of aliphatic hydroxyl groups is 1. The van der Waals surface area contributed by atoms with E-state index in [0.29, 0.717) is 18.1 Å². The Hall–Kier alpha value is -1.62. The number of nitrogens with zero attached hydrogens (tertiary/aromatic N) is 2. The number of rotatable bonds is 6. The molecule has 0 aliphatic heterocycles. The highest BCUT2D eigenvalue weighted by Crippen LogP contribution is 2.30. The molecule has 22 heavy (non-hydrogen) atoms. The standard InChI is InChI=1S/C17H21ClN2O2/c1-17(2,12-21)20(11-14-7-3-4-9-19-14)10-13-6-5-8-15(22)16(13)18/h3-9,21-22H,10-12H2,1-2H3. The summed E-state index contributed by atoms with van der Waals surface area (Å²) in [6, 6.07) is 11.0. The van der Waals surface area contributed by atoms with Gasteiger partial charge >= 0.3 is 0 Å². The van der Waals surface area contributed by atoms with Gasteiger partial charge in [-0.25, -0.2) is 0 Å². The zero-order chi connectivity index (χ0) is 16.2. The molecule has 0 saturated heterocycles. The Morgan fingerprint density at radius 3 is 2.55 bits per heavy atom. The number of pyridine rings is 1. The van der Waals surface area contributed by atoms with Crippen molar-refractivity contribution in [1.82, 2.24) is 9.88 Å². The molecule has 1 aromatic carbocycles. The van der Waals surface area contributed by atoms with Gasteiger partial charge < -0.3 is 10.2 Å². The predicted octanol–water partition coefficient (Wildman–Crippen LogP) is 3.21. The lowest BCUT2D eigenvalue weighted by atomic mass is 10.0. The van der Waals surface area contributed by atoms with Crippen molar-refractivity contribution >= 4 is 11.6 Å². The van der Waals surface area contributed by atoms with Crippen LogP contribution in [0, 0.1) is 0 Å². The van der Waals surface area contributed by atoms with E-state index in [1.807, 2.05) is 38.1 Å². The van der Waals surface area contributed by atoms with E-state index in [2.05, 4.69) is 9.88 Å². The summed E-state index contributed by atoms with van der Waals surface area (Å²) in [6.07, 6.45) is 1.75. The summed E-state index contributed by atoms with van der Waals surface area (Å²) in [5.41, 5.74) is 1.30. The first-order valence-electron chi connectivity index (χ1n) is 7.16. The summed E-state index contributed by atoms with van der Waals surface area (Å²) in [5.74, 6) is 0.0683. The molecule has 0 unspecified atom stereocenters. The number of phenols is 1. The molecular weight excluding hydrogens is 300 g/mol. The van der Waals surface area contributed by atoms with Crippen LogP contribution in [-0.2, 0) is 13.1 Å². The van der Waals surface area contributed by atoms with Gasteiger partial charge in [-0.2, -0.15) is 0 Å². The number of aromatic hydroxyl groups is 1. The number of aliphatic hydroxyl groups excluding tert-OH is 1. The highest BCUT2D eigenvalue weighted by atomic mass is 35.5. The summed E-state index contributed by atoms with van der Waals surface area (Å²) >= 11 is 6.18. The van der Waals surface area contributed by atoms with E-state index in [0.717, 1.165) is 11.3 Å². The van der Waals surface area contributed by atoms with Crippen LogP contribution in [0.1, 0.15) is 25.1 Å². The molecule has 5 heteroatoms. The number of benzene rings is 1. The molecule has 0 saturated carbocycles. The number of halogens is 1. The van der Waals surface area contributed by atoms with E-state index >= 15 is 0 Å². The van der Waals surface area contributed by atoms with Gasteiger partial charge in [0.2, 0.25) is 0 Å². The SMILES string of the molecule is CC(C)(CO)N(Cc1ccccn1)Cc1cccc(O)c1Cl. The summed E-state index contributed by atoms with van der Waals surface area (Å²) < 4.78 is 0. The maximum Gasteiger partial charge on any atom is 0.134 e. The lowest BCUT2D eigenvalue weighted by Crippen LogP contribution is -2.46. The van der Waals surface area contributed by atoms with Gasteiger partial charge in [-0.3, -0.25) is 9.88 Å². The smallest absolute Gasteiger partial charge is 0.134 e. The molecule has 0 aliphatic carbocycles. The van der Waals surface area contributed by atoms with Crippen LogP contribution in [0.4, 0.5) is 0 Å². The van der Waals surface area contributed by atoms with Gasteiger partial charge in [0.05, 0.1) is 17.3 Å². The van der Waals surface area contributed by atoms with Crippen LogP contribution in [0.15, 0.2) is 42.6 Å². The van der Waals surface area contributed by atoms with E-state index in [1.165, 1.54) is 0 Å². The molecule has 0 fully saturated rings. The van der Waals surface area contributed by atoms with Crippen LogP contribution in [0.2, 0.25) is 5.02 Å². The van der Waals surface area contributed by atoms with E-state index in [9.17, 15) is 10.2 Å². The molecule has 0 bridgehead atoms. The highest BCUT2D eigenvalue weighted by molar-refractivity contribution is 6.32. The summed E-state index contributed by atoms with van der Waals surface area (Å²) in [6.45, 7) is 5.04. The zero-order valence-corrected chi connectivity index (χ0v) is 13.6. The molecule has 2 rings (SSSR count). The van der Waals surface area contributed by atoms with Crippen molar-refractivity contribution < 1.29 is 10.2 Å². The van der Waals surface area contributed by atoms with Crippen LogP contribution in [0.5, 0.6) is 5.75 Å². The van der Waals surface area contributed by atoms with Crippen molar-refractivity contribution in [3.8, 4) is 5.75 Å². The number of hydrogen-bond donors (Lipinski definition) is 2. The normalized spacial score (nSPS) is 11.9. The van der Waals surface area contributed by atoms with Gasteiger partial charge in [0.15, 0.2) is 0 Å². The Bertz CT molecular complexity index is 617. The van der Waals surface area contributed by atoms with Crippen molar-refractivity contribution in [3.05, 3.63) is 58.9 Å². The first-order valence-corrected chi connectivity index (χ1v) is 7.54. The topological polar surface area (TPSA) is 56.6 Å². The maximum absolute atomic E-state index is 9.75. The minimum absolute atomic E-state index is 0.0102. The number of phenolic OH excluding ortho intramolecular Hbond substituents is 1. The lowest BCUT2D eigenvalue weighted by Gasteiger charge is -2.37. The van der Waals surface area contributed by atoms with E-state index in [1.54, 1.807) is 18.3 Å². The molecule has 0 aliphatic rings. The molecule has 0 spiro atoms. The predicted molar refractivity (Wildman–Crippen MR) is 87.8 cm³/mol. The molecular formula is C17H21ClN2O2. The molecule has 2 aromatic rings. The maximum atomic E-state index is 9.75. The Balaban J connectivity index is 2.27. The third-order valence-electron chi connectivity index (χ3n) is 3.74. The van der Waals surface area contributed by atoms with Crippen molar-refractivity contribution in [2.45, 2.75) is 32.5 Å². The minimum atomic E-state index is -0.438. The molecule has 1 aromatic heterocycles. The molecule has 0 amide bonds. The summed E-state index contributed by atoms with van der Waals surface area (Å²) in [7, 11) is 0. The van der Waals surface area contributed by atoms with Gasteiger partial charge in [0.25, 0.3) is 0 Å². The molecule has 4 nitrogen and oxygen atoms in total. The molecule has 0 atom stereocenters. The second kappa shape index (κ2) is 7.09. The average Bonchev–Trinajstić information content (AvgIpc) is 2.52. The summed E-state index contributed by atoms with van der Waals surface area (Å²) in [4.78, 5) is 6.44. The fourth-order valence-electron chi connectivity index (χ4n) is 2.17. The lowest BCUT2D eigenvalue weighted by molar-refractivity contribution is 0.0430. The average molecular weight is 321 g/mol. The van der Waals surface area contributed by atoms with Gasteiger partial charge in [0, 0.05) is 24.8 Å². The van der Waals surface area contributed by atoms with Crippen LogP contribution >= 0.6 is 11.6 Å². The second-order valence-electron chi connectivity index (χ2n) is 5.90. The van der Waals surface area contributed by atoms with E-state index < -0.39 is 5.54 Å². The van der Waals surface area contributed by atoms with Crippen LogP contribution < -0.4 is 0 Å². The third-order valence-corrected chi connectivity index (χ3v) is 4.18. The summed E-state index contributed by atoms with van der Waals surface area (Å²) in [5, 5.41) is 19.8. The Labute approximate surface area is 136 Å². The first-order chi connectivity index (χ1) is 10.4. The third kappa shape index (κ3) is 3.97. The Morgan fingerprint density at radius 2 is 1.91 bits per heavy atom. The van der Waals surface area contributed by atoms with Crippen molar-refractivity contribution in [2.75, 3.05) is 6.61 Å². The Morgan fingerprint density at radius 1 is 1.14 bits per heavy atom. The molecule has 1 heterocycles.